The van der Waals surface area contributed by atoms with Crippen LogP contribution in [-0.2, 0) is 0 Å². The van der Waals surface area contributed by atoms with Crippen molar-refractivity contribution in [2.45, 2.75) is 19.4 Å². The van der Waals surface area contributed by atoms with Gasteiger partial charge in [0, 0.05) is 12.7 Å². The summed E-state index contributed by atoms with van der Waals surface area (Å²) in [4.78, 5) is 6.75. The number of methoxy groups -OCH3 is 1. The number of pyridine rings is 1. The summed E-state index contributed by atoms with van der Waals surface area (Å²) < 4.78 is 5.28. The molecule has 0 unspecified atom stereocenters. The maximum absolute atomic E-state index is 5.28. The van der Waals surface area contributed by atoms with Crippen molar-refractivity contribution < 1.29 is 4.74 Å². The van der Waals surface area contributed by atoms with E-state index in [2.05, 4.69) is 39.1 Å². The number of hydrogen-bond acceptors (Lipinski definition) is 6. The molecule has 0 amide bonds. The number of rotatable bonds is 4. The van der Waals surface area contributed by atoms with Gasteiger partial charge in [0.2, 0.25) is 5.13 Å². The molecular formula is C19H20N4OS. The lowest BCUT2D eigenvalue weighted by Crippen LogP contribution is -2.23. The molecule has 0 N–H and O–H groups in total. The number of hydrogen-bond donors (Lipinski definition) is 0. The topological polar surface area (TPSA) is 51.1 Å². The Hall–Kier alpha value is -2.47. The Morgan fingerprint density at radius 3 is 2.68 bits per heavy atom. The Kier molecular flexibility index (Phi) is 4.36. The molecule has 1 fully saturated rings. The van der Waals surface area contributed by atoms with Crippen LogP contribution in [0.1, 0.15) is 24.9 Å². The van der Waals surface area contributed by atoms with Crippen LogP contribution in [0.15, 0.2) is 48.7 Å². The first-order valence-corrected chi connectivity index (χ1v) is 9.21. The maximum atomic E-state index is 5.28. The van der Waals surface area contributed by atoms with Crippen molar-refractivity contribution in [3.8, 4) is 16.5 Å². The Morgan fingerprint density at radius 1 is 1.12 bits per heavy atom. The number of nitrogens with zero attached hydrogens (tertiary/aromatic N) is 4. The third-order valence-corrected chi connectivity index (χ3v) is 5.54. The average Bonchev–Trinajstić information content (AvgIpc) is 3.29. The second-order valence-corrected chi connectivity index (χ2v) is 7.34. The van der Waals surface area contributed by atoms with Gasteiger partial charge in [-0.05, 0) is 42.2 Å². The zero-order valence-electron chi connectivity index (χ0n) is 14.3. The molecule has 4 rings (SSSR count). The van der Waals surface area contributed by atoms with E-state index in [1.807, 2.05) is 30.3 Å². The zero-order chi connectivity index (χ0) is 17.2. The Balaban J connectivity index is 1.62. The number of benzene rings is 1. The van der Waals surface area contributed by atoms with Gasteiger partial charge in [0.15, 0.2) is 5.01 Å². The molecular weight excluding hydrogens is 332 g/mol. The van der Waals surface area contributed by atoms with E-state index in [4.69, 9.17) is 4.74 Å². The molecule has 0 spiro atoms. The van der Waals surface area contributed by atoms with Gasteiger partial charge in [-0.3, -0.25) is 4.98 Å². The van der Waals surface area contributed by atoms with Crippen LogP contribution in [0.2, 0.25) is 0 Å². The summed E-state index contributed by atoms with van der Waals surface area (Å²) in [6, 6.07) is 14.5. The summed E-state index contributed by atoms with van der Waals surface area (Å²) in [6.07, 6.45) is 2.90. The lowest BCUT2D eigenvalue weighted by molar-refractivity contribution is 0.414. The summed E-state index contributed by atoms with van der Waals surface area (Å²) in [5.74, 6) is 1.50. The predicted molar refractivity (Wildman–Crippen MR) is 100 cm³/mol. The van der Waals surface area contributed by atoms with E-state index in [9.17, 15) is 0 Å². The molecule has 6 heteroatoms. The third kappa shape index (κ3) is 3.22. The molecule has 1 saturated heterocycles. The SMILES string of the molecule is COc1ccc([C@@H]2C[C@H](C)CN2c2nnc(-c3ccccn3)s2)cc1. The fourth-order valence-electron chi connectivity index (χ4n) is 3.32. The van der Waals surface area contributed by atoms with Crippen LogP contribution in [0.25, 0.3) is 10.7 Å². The van der Waals surface area contributed by atoms with Gasteiger partial charge >= 0.3 is 0 Å². The summed E-state index contributed by atoms with van der Waals surface area (Å²) in [5, 5.41) is 10.6. The molecule has 2 aromatic heterocycles. The predicted octanol–water partition coefficient (Wildman–Crippen LogP) is 4.20. The molecule has 3 aromatic rings. The van der Waals surface area contributed by atoms with E-state index < -0.39 is 0 Å². The minimum Gasteiger partial charge on any atom is -0.497 e. The van der Waals surface area contributed by atoms with Crippen LogP contribution in [0.4, 0.5) is 5.13 Å². The first-order valence-electron chi connectivity index (χ1n) is 8.40. The quantitative estimate of drug-likeness (QED) is 0.704. The molecule has 2 atom stereocenters. The van der Waals surface area contributed by atoms with Gasteiger partial charge in [-0.25, -0.2) is 0 Å². The highest BCUT2D eigenvalue weighted by atomic mass is 32.1. The first-order chi connectivity index (χ1) is 12.2. The molecule has 1 aromatic carbocycles. The van der Waals surface area contributed by atoms with E-state index in [0.717, 1.165) is 34.5 Å². The van der Waals surface area contributed by atoms with Crippen LogP contribution >= 0.6 is 11.3 Å². The lowest BCUT2D eigenvalue weighted by atomic mass is 10.0. The molecule has 1 aliphatic rings. The molecule has 5 nitrogen and oxygen atoms in total. The normalized spacial score (nSPS) is 20.0. The second-order valence-electron chi connectivity index (χ2n) is 6.39. The van der Waals surface area contributed by atoms with Gasteiger partial charge < -0.3 is 9.64 Å². The smallest absolute Gasteiger partial charge is 0.209 e. The van der Waals surface area contributed by atoms with Gasteiger partial charge in [-0.1, -0.05) is 36.5 Å². The van der Waals surface area contributed by atoms with Crippen molar-refractivity contribution >= 4 is 16.5 Å². The second kappa shape index (κ2) is 6.80. The van der Waals surface area contributed by atoms with Crippen LogP contribution < -0.4 is 9.64 Å². The molecule has 128 valence electrons. The van der Waals surface area contributed by atoms with Crippen molar-refractivity contribution in [3.05, 3.63) is 54.2 Å². The Morgan fingerprint density at radius 2 is 1.96 bits per heavy atom. The van der Waals surface area contributed by atoms with Gasteiger partial charge in [-0.2, -0.15) is 0 Å². The molecule has 0 aliphatic carbocycles. The summed E-state index contributed by atoms with van der Waals surface area (Å²) in [6.45, 7) is 3.28. The van der Waals surface area contributed by atoms with Crippen molar-refractivity contribution in [2.24, 2.45) is 5.92 Å². The maximum Gasteiger partial charge on any atom is 0.209 e. The summed E-state index contributed by atoms with van der Waals surface area (Å²) in [5.41, 5.74) is 2.17. The lowest BCUT2D eigenvalue weighted by Gasteiger charge is -2.24. The molecule has 3 heterocycles. The van der Waals surface area contributed by atoms with Crippen LogP contribution in [-0.4, -0.2) is 28.8 Å². The minimum absolute atomic E-state index is 0.324. The number of aromatic nitrogens is 3. The molecule has 25 heavy (non-hydrogen) atoms. The summed E-state index contributed by atoms with van der Waals surface area (Å²) in [7, 11) is 1.69. The van der Waals surface area contributed by atoms with E-state index in [0.29, 0.717) is 12.0 Å². The standard InChI is InChI=1S/C19H20N4OS/c1-13-11-17(14-6-8-15(24-2)9-7-14)23(12-13)19-22-21-18(25-19)16-5-3-4-10-20-16/h3-10,13,17H,11-12H2,1-2H3/t13-,17-/m0/s1. The van der Waals surface area contributed by atoms with Gasteiger partial charge in [0.1, 0.15) is 11.4 Å². The van der Waals surface area contributed by atoms with E-state index >= 15 is 0 Å². The largest absolute Gasteiger partial charge is 0.497 e. The summed E-state index contributed by atoms with van der Waals surface area (Å²) >= 11 is 1.61. The van der Waals surface area contributed by atoms with Gasteiger partial charge in [0.25, 0.3) is 0 Å². The van der Waals surface area contributed by atoms with E-state index in [-0.39, 0.29) is 0 Å². The fraction of sp³-hybridized carbons (Fsp3) is 0.316. The number of anilines is 1. The number of ether oxygens (including phenoxy) is 1. The van der Waals surface area contributed by atoms with Crippen LogP contribution in [0.3, 0.4) is 0 Å². The third-order valence-electron chi connectivity index (χ3n) is 4.55. The highest BCUT2D eigenvalue weighted by Gasteiger charge is 2.33. The van der Waals surface area contributed by atoms with E-state index in [1.165, 1.54) is 5.56 Å². The molecule has 0 radical (unpaired) electrons. The van der Waals surface area contributed by atoms with Crippen molar-refractivity contribution in [3.63, 3.8) is 0 Å². The van der Waals surface area contributed by atoms with Gasteiger partial charge in [0.05, 0.1) is 13.2 Å². The van der Waals surface area contributed by atoms with Gasteiger partial charge in [-0.15, -0.1) is 10.2 Å². The average molecular weight is 352 g/mol. The van der Waals surface area contributed by atoms with Crippen molar-refractivity contribution in [1.29, 1.82) is 0 Å². The van der Waals surface area contributed by atoms with E-state index in [1.54, 1.807) is 24.6 Å². The highest BCUT2D eigenvalue weighted by molar-refractivity contribution is 7.18. The minimum atomic E-state index is 0.324. The highest BCUT2D eigenvalue weighted by Crippen LogP contribution is 2.41. The molecule has 0 bridgehead atoms. The van der Waals surface area contributed by atoms with Crippen molar-refractivity contribution in [2.75, 3.05) is 18.6 Å². The van der Waals surface area contributed by atoms with Crippen LogP contribution in [0, 0.1) is 5.92 Å². The fourth-order valence-corrected chi connectivity index (χ4v) is 4.20. The Labute approximate surface area is 151 Å². The van der Waals surface area contributed by atoms with Crippen molar-refractivity contribution in [1.82, 2.24) is 15.2 Å². The van der Waals surface area contributed by atoms with Crippen LogP contribution in [0.5, 0.6) is 5.75 Å². The molecule has 0 saturated carbocycles. The first kappa shape index (κ1) is 16.0. The Bertz CT molecular complexity index is 834. The monoisotopic (exact) mass is 352 g/mol. The zero-order valence-corrected chi connectivity index (χ0v) is 15.1. The molecule has 1 aliphatic heterocycles.